The first kappa shape index (κ1) is 25.4. The van der Waals surface area contributed by atoms with Crippen molar-refractivity contribution in [2.45, 2.75) is 67.3 Å². The molecule has 0 bridgehead atoms. The smallest absolute Gasteiger partial charge is 0.268 e. The van der Waals surface area contributed by atoms with Gasteiger partial charge in [0.05, 0.1) is 27.5 Å². The van der Waals surface area contributed by atoms with Crippen molar-refractivity contribution in [2.75, 3.05) is 20.7 Å². The van der Waals surface area contributed by atoms with Gasteiger partial charge in [0.2, 0.25) is 10.0 Å². The van der Waals surface area contributed by atoms with E-state index in [0.717, 1.165) is 54.0 Å². The molecule has 1 spiro atoms. The second-order valence-corrected chi connectivity index (χ2v) is 15.0. The summed E-state index contributed by atoms with van der Waals surface area (Å²) in [5.74, 6) is 0.245. The van der Waals surface area contributed by atoms with Gasteiger partial charge < -0.3 is 4.74 Å². The molecular formula is C26H33N3O5S2. The van der Waals surface area contributed by atoms with Crippen LogP contribution in [0.2, 0.25) is 0 Å². The summed E-state index contributed by atoms with van der Waals surface area (Å²) in [4.78, 5) is 4.36. The molecule has 0 unspecified atom stereocenters. The Labute approximate surface area is 213 Å². The van der Waals surface area contributed by atoms with Crippen LogP contribution in [0.4, 0.5) is 0 Å². The Hall–Kier alpha value is -2.27. The van der Waals surface area contributed by atoms with Crippen molar-refractivity contribution in [1.82, 2.24) is 13.3 Å². The summed E-state index contributed by atoms with van der Waals surface area (Å²) >= 11 is 0. The summed E-state index contributed by atoms with van der Waals surface area (Å²) in [6, 6.07) is 7.10. The third-order valence-electron chi connectivity index (χ3n) is 7.82. The molecular weight excluding hydrogens is 498 g/mol. The van der Waals surface area contributed by atoms with E-state index in [1.165, 1.54) is 42.3 Å². The second kappa shape index (κ2) is 8.65. The Bertz CT molecular complexity index is 1500. The van der Waals surface area contributed by atoms with E-state index in [4.69, 9.17) is 4.74 Å². The maximum absolute atomic E-state index is 13.7. The number of fused-ring (bicyclic) bond motifs is 1. The molecule has 1 aromatic carbocycles. The highest BCUT2D eigenvalue weighted by Gasteiger charge is 2.46. The van der Waals surface area contributed by atoms with Gasteiger partial charge >= 0.3 is 0 Å². The zero-order valence-corrected chi connectivity index (χ0v) is 22.8. The van der Waals surface area contributed by atoms with Gasteiger partial charge in [-0.05, 0) is 93.2 Å². The maximum atomic E-state index is 13.7. The van der Waals surface area contributed by atoms with Crippen LogP contribution in [-0.4, -0.2) is 56.4 Å². The molecule has 1 aliphatic carbocycles. The summed E-state index contributed by atoms with van der Waals surface area (Å²) < 4.78 is 60.6. The van der Waals surface area contributed by atoms with Gasteiger partial charge in [-0.1, -0.05) is 0 Å². The lowest BCUT2D eigenvalue weighted by atomic mass is 9.67. The molecule has 3 heterocycles. The Balaban J connectivity index is 1.48. The quantitative estimate of drug-likeness (QED) is 0.485. The van der Waals surface area contributed by atoms with Crippen molar-refractivity contribution in [3.05, 3.63) is 54.5 Å². The van der Waals surface area contributed by atoms with Gasteiger partial charge in [-0.3, -0.25) is 4.98 Å². The van der Waals surface area contributed by atoms with Gasteiger partial charge in [-0.25, -0.2) is 25.1 Å². The van der Waals surface area contributed by atoms with E-state index >= 15 is 0 Å². The molecule has 2 aliphatic rings. The van der Waals surface area contributed by atoms with Crippen LogP contribution in [0.3, 0.4) is 0 Å². The number of pyridine rings is 1. The molecule has 3 aromatic rings. The highest BCUT2D eigenvalue weighted by atomic mass is 32.2. The summed E-state index contributed by atoms with van der Waals surface area (Å²) in [5, 5.41) is 0.844. The largest absolute Gasteiger partial charge is 0.375 e. The molecule has 36 heavy (non-hydrogen) atoms. The van der Waals surface area contributed by atoms with E-state index in [9.17, 15) is 16.8 Å². The fourth-order valence-corrected chi connectivity index (χ4v) is 8.19. The molecule has 1 aliphatic heterocycles. The maximum Gasteiger partial charge on any atom is 0.268 e. The minimum Gasteiger partial charge on any atom is -0.375 e. The Morgan fingerprint density at radius 1 is 1.00 bits per heavy atom. The average molecular weight is 532 g/mol. The molecule has 5 rings (SSSR count). The molecule has 0 atom stereocenters. The van der Waals surface area contributed by atoms with Crippen molar-refractivity contribution in [1.29, 1.82) is 0 Å². The van der Waals surface area contributed by atoms with Crippen LogP contribution in [0.25, 0.3) is 10.9 Å². The third-order valence-corrected chi connectivity index (χ3v) is 11.3. The van der Waals surface area contributed by atoms with Crippen LogP contribution in [0, 0.1) is 5.41 Å². The lowest BCUT2D eigenvalue weighted by Crippen LogP contribution is -2.28. The Kier molecular flexibility index (Phi) is 6.10. The van der Waals surface area contributed by atoms with Crippen molar-refractivity contribution < 1.29 is 21.6 Å². The van der Waals surface area contributed by atoms with E-state index in [-0.39, 0.29) is 26.7 Å². The lowest BCUT2D eigenvalue weighted by molar-refractivity contribution is 0.0281. The Morgan fingerprint density at radius 2 is 1.64 bits per heavy atom. The SMILES string of the molecule is CN(C)S(=O)(=O)c1ccc(S(=O)(=O)n2cc([C@H]3CC[C@@]4(CC3)COC(C)(C)C4)c3cnccc32)cc1. The molecule has 0 N–H and O–H groups in total. The van der Waals surface area contributed by atoms with Crippen molar-refractivity contribution in [3.63, 3.8) is 0 Å². The van der Waals surface area contributed by atoms with E-state index in [0.29, 0.717) is 5.52 Å². The molecule has 2 aromatic heterocycles. The predicted octanol–water partition coefficient (Wildman–Crippen LogP) is 4.37. The standard InChI is InChI=1S/C26H33N3O5S2/c1-25(2)17-26(18-34-25)12-9-19(10-13-26)23-16-29(24-11-14-27-15-22(23)24)36(32,33)21-7-5-20(6-8-21)35(30,31)28(3)4/h5-8,11,14-16,19H,9-10,12-13,17-18H2,1-4H3/t19-,26-. The third kappa shape index (κ3) is 4.27. The lowest BCUT2D eigenvalue weighted by Gasteiger charge is -2.36. The summed E-state index contributed by atoms with van der Waals surface area (Å²) in [6.45, 7) is 5.10. The van der Waals surface area contributed by atoms with Gasteiger partial charge in [0, 0.05) is 38.1 Å². The topological polar surface area (TPSA) is 98.6 Å². The predicted molar refractivity (Wildman–Crippen MR) is 138 cm³/mol. The number of nitrogens with zero attached hydrogens (tertiary/aromatic N) is 3. The van der Waals surface area contributed by atoms with Crippen molar-refractivity contribution in [2.24, 2.45) is 5.41 Å². The molecule has 1 saturated heterocycles. The number of rotatable bonds is 5. The van der Waals surface area contributed by atoms with Gasteiger partial charge in [0.15, 0.2) is 0 Å². The van der Waals surface area contributed by atoms with Crippen molar-refractivity contribution >= 4 is 30.9 Å². The molecule has 10 heteroatoms. The molecule has 0 radical (unpaired) electrons. The van der Waals surface area contributed by atoms with Gasteiger partial charge in [0.25, 0.3) is 10.0 Å². The summed E-state index contributed by atoms with van der Waals surface area (Å²) in [5.41, 5.74) is 1.72. The number of sulfonamides is 1. The zero-order valence-electron chi connectivity index (χ0n) is 21.1. The van der Waals surface area contributed by atoms with Gasteiger partial charge in [-0.15, -0.1) is 0 Å². The fraction of sp³-hybridized carbons (Fsp3) is 0.500. The number of ether oxygens (including phenoxy) is 1. The first-order chi connectivity index (χ1) is 16.8. The highest BCUT2D eigenvalue weighted by molar-refractivity contribution is 7.90. The molecule has 194 valence electrons. The van der Waals surface area contributed by atoms with Crippen LogP contribution in [0.15, 0.2) is 58.7 Å². The normalized spacial score (nSPS) is 24.6. The summed E-state index contributed by atoms with van der Waals surface area (Å²) in [6.07, 6.45) is 10.2. The first-order valence-electron chi connectivity index (χ1n) is 12.2. The second-order valence-electron chi connectivity index (χ2n) is 11.0. The van der Waals surface area contributed by atoms with Gasteiger partial charge in [-0.2, -0.15) is 0 Å². The van der Waals surface area contributed by atoms with Crippen LogP contribution in [0.5, 0.6) is 0 Å². The van der Waals surface area contributed by atoms with E-state index in [1.807, 2.05) is 0 Å². The first-order valence-corrected chi connectivity index (χ1v) is 15.1. The van der Waals surface area contributed by atoms with Crippen LogP contribution in [0.1, 0.15) is 57.4 Å². The minimum absolute atomic E-state index is 0.0356. The molecule has 8 nitrogen and oxygen atoms in total. The molecule has 1 saturated carbocycles. The fourth-order valence-electron chi connectivity index (χ4n) is 5.92. The van der Waals surface area contributed by atoms with E-state index in [1.54, 1.807) is 24.7 Å². The average Bonchev–Trinajstić information content (AvgIpc) is 3.37. The number of hydrogen-bond donors (Lipinski definition) is 0. The zero-order chi connectivity index (χ0) is 25.9. The summed E-state index contributed by atoms with van der Waals surface area (Å²) in [7, 11) is -4.71. The monoisotopic (exact) mass is 531 g/mol. The van der Waals surface area contributed by atoms with Crippen LogP contribution in [-0.2, 0) is 24.8 Å². The van der Waals surface area contributed by atoms with Crippen molar-refractivity contribution in [3.8, 4) is 0 Å². The number of hydrogen-bond acceptors (Lipinski definition) is 6. The molecule has 2 fully saturated rings. The number of benzene rings is 1. The van der Waals surface area contributed by atoms with Gasteiger partial charge in [0.1, 0.15) is 0 Å². The molecule has 0 amide bonds. The Morgan fingerprint density at radius 3 is 2.22 bits per heavy atom. The minimum atomic E-state index is -3.94. The van der Waals surface area contributed by atoms with Crippen LogP contribution >= 0.6 is 0 Å². The van der Waals surface area contributed by atoms with Crippen LogP contribution < -0.4 is 0 Å². The van der Waals surface area contributed by atoms with E-state index in [2.05, 4.69) is 18.8 Å². The van der Waals surface area contributed by atoms with E-state index < -0.39 is 20.0 Å². The number of aromatic nitrogens is 2. The highest BCUT2D eigenvalue weighted by Crippen LogP contribution is 2.52.